The summed E-state index contributed by atoms with van der Waals surface area (Å²) >= 11 is 0. The van der Waals surface area contributed by atoms with Gasteiger partial charge in [0.05, 0.1) is 7.85 Å². The minimum atomic E-state index is -0.0647. The fourth-order valence-electron chi connectivity index (χ4n) is 1.93. The molecule has 0 N–H and O–H groups in total. The van der Waals surface area contributed by atoms with Crippen molar-refractivity contribution < 1.29 is 0 Å². The van der Waals surface area contributed by atoms with Crippen LogP contribution in [0.5, 0.6) is 0 Å². The third kappa shape index (κ3) is 4.87. The van der Waals surface area contributed by atoms with Gasteiger partial charge < -0.3 is 0 Å². The lowest BCUT2D eigenvalue weighted by Crippen LogP contribution is -2.13. The van der Waals surface area contributed by atoms with Crippen LogP contribution in [0.2, 0.25) is 5.31 Å². The smallest absolute Gasteiger partial charge is 0.0673 e. The topological polar surface area (TPSA) is 0 Å². The Morgan fingerprint density at radius 2 is 1.88 bits per heavy atom. The average molecular weight is 214 g/mol. The van der Waals surface area contributed by atoms with Gasteiger partial charge in [0.15, 0.2) is 0 Å². The van der Waals surface area contributed by atoms with Crippen molar-refractivity contribution >= 4 is 7.85 Å². The summed E-state index contributed by atoms with van der Waals surface area (Å²) in [6.45, 7) is 6.72. The van der Waals surface area contributed by atoms with Crippen molar-refractivity contribution in [3.63, 3.8) is 0 Å². The van der Waals surface area contributed by atoms with Crippen LogP contribution in [0.25, 0.3) is 0 Å². The quantitative estimate of drug-likeness (QED) is 0.615. The van der Waals surface area contributed by atoms with Crippen LogP contribution in [0.15, 0.2) is 30.3 Å². The number of benzene rings is 1. The Bertz CT molecular complexity index is 290. The molecule has 0 nitrogen and oxygen atoms in total. The van der Waals surface area contributed by atoms with Crippen LogP contribution >= 0.6 is 0 Å². The van der Waals surface area contributed by atoms with Gasteiger partial charge >= 0.3 is 0 Å². The van der Waals surface area contributed by atoms with Crippen LogP contribution in [0.3, 0.4) is 0 Å². The molecule has 0 aliphatic rings. The highest BCUT2D eigenvalue weighted by Crippen LogP contribution is 2.33. The summed E-state index contributed by atoms with van der Waals surface area (Å²) in [6.07, 6.45) is 4.57. The molecule has 0 aliphatic heterocycles. The van der Waals surface area contributed by atoms with E-state index in [2.05, 4.69) is 51.1 Å². The number of hydrogen-bond acceptors (Lipinski definition) is 0. The van der Waals surface area contributed by atoms with Crippen molar-refractivity contribution in [3.05, 3.63) is 35.9 Å². The maximum Gasteiger partial charge on any atom is 0.0747 e. The molecule has 1 aromatic carbocycles. The zero-order valence-corrected chi connectivity index (χ0v) is 10.9. The van der Waals surface area contributed by atoms with Gasteiger partial charge in [0.1, 0.15) is 0 Å². The van der Waals surface area contributed by atoms with E-state index in [1.54, 1.807) is 0 Å². The summed E-state index contributed by atoms with van der Waals surface area (Å²) in [5.41, 5.74) is 1.34. The molecule has 0 saturated carbocycles. The molecule has 1 aromatic rings. The zero-order chi connectivity index (χ0) is 12.0. The fourth-order valence-corrected chi connectivity index (χ4v) is 1.93. The van der Waals surface area contributed by atoms with Gasteiger partial charge in [-0.3, -0.25) is 0 Å². The maximum atomic E-state index is 6.35. The van der Waals surface area contributed by atoms with Gasteiger partial charge in [0.25, 0.3) is 0 Å². The van der Waals surface area contributed by atoms with Crippen LogP contribution in [0.1, 0.15) is 45.6 Å². The average Bonchev–Trinajstić information content (AvgIpc) is 2.27. The third-order valence-electron chi connectivity index (χ3n) is 3.36. The highest BCUT2D eigenvalue weighted by atomic mass is 14.2. The Kier molecular flexibility index (Phi) is 5.11. The SMILES string of the molecule is [B]C(C)(CCC(C)CC)Cc1ccccc1. The standard InChI is InChI=1S/C15H23B/c1-4-13(2)10-11-15(3,16)12-14-8-6-5-7-9-14/h5-9,13H,4,10-12H2,1-3H3. The minimum Gasteiger partial charge on any atom is -0.0673 e. The van der Waals surface area contributed by atoms with E-state index in [0.717, 1.165) is 18.8 Å². The molecule has 2 unspecified atom stereocenters. The first-order chi connectivity index (χ1) is 7.53. The maximum absolute atomic E-state index is 6.35. The third-order valence-corrected chi connectivity index (χ3v) is 3.36. The Hall–Kier alpha value is -0.715. The summed E-state index contributed by atoms with van der Waals surface area (Å²) in [4.78, 5) is 0. The monoisotopic (exact) mass is 214 g/mol. The van der Waals surface area contributed by atoms with Gasteiger partial charge in [0.2, 0.25) is 0 Å². The summed E-state index contributed by atoms with van der Waals surface area (Å²) in [5, 5.41) is -0.0647. The highest BCUT2D eigenvalue weighted by Gasteiger charge is 2.18. The molecule has 0 amide bonds. The van der Waals surface area contributed by atoms with E-state index in [4.69, 9.17) is 7.85 Å². The largest absolute Gasteiger partial charge is 0.0747 e. The van der Waals surface area contributed by atoms with Crippen LogP contribution in [-0.2, 0) is 6.42 Å². The first kappa shape index (κ1) is 13.4. The summed E-state index contributed by atoms with van der Waals surface area (Å²) in [6, 6.07) is 10.5. The molecule has 1 rings (SSSR count). The van der Waals surface area contributed by atoms with Crippen LogP contribution in [-0.4, -0.2) is 7.85 Å². The van der Waals surface area contributed by atoms with Crippen LogP contribution < -0.4 is 0 Å². The summed E-state index contributed by atoms with van der Waals surface area (Å²) in [7, 11) is 6.35. The van der Waals surface area contributed by atoms with E-state index in [-0.39, 0.29) is 5.31 Å². The van der Waals surface area contributed by atoms with Crippen LogP contribution in [0, 0.1) is 5.92 Å². The van der Waals surface area contributed by atoms with Crippen molar-refractivity contribution in [1.82, 2.24) is 0 Å². The molecule has 0 aliphatic carbocycles. The summed E-state index contributed by atoms with van der Waals surface area (Å²) < 4.78 is 0. The summed E-state index contributed by atoms with van der Waals surface area (Å²) in [5.74, 6) is 0.790. The number of hydrogen-bond donors (Lipinski definition) is 0. The predicted octanol–water partition coefficient (Wildman–Crippen LogP) is 4.40. The normalized spacial score (nSPS) is 16.7. The molecule has 2 radical (unpaired) electrons. The Balaban J connectivity index is 2.45. The second kappa shape index (κ2) is 6.13. The molecule has 86 valence electrons. The van der Waals surface area contributed by atoms with E-state index in [1.807, 2.05) is 0 Å². The Morgan fingerprint density at radius 1 is 1.25 bits per heavy atom. The molecule has 2 atom stereocenters. The molecular formula is C15H23B. The molecule has 0 bridgehead atoms. The second-order valence-electron chi connectivity index (χ2n) is 5.37. The van der Waals surface area contributed by atoms with Gasteiger partial charge in [-0.05, 0) is 17.9 Å². The first-order valence-corrected chi connectivity index (χ1v) is 6.36. The lowest BCUT2D eigenvalue weighted by atomic mass is 9.63. The van der Waals surface area contributed by atoms with E-state index < -0.39 is 0 Å². The van der Waals surface area contributed by atoms with Crippen molar-refractivity contribution in [3.8, 4) is 0 Å². The Labute approximate surface area is 102 Å². The van der Waals surface area contributed by atoms with Crippen molar-refractivity contribution in [2.75, 3.05) is 0 Å². The second-order valence-corrected chi connectivity index (χ2v) is 5.37. The van der Waals surface area contributed by atoms with Gasteiger partial charge in [-0.1, -0.05) is 75.7 Å². The molecule has 16 heavy (non-hydrogen) atoms. The molecule has 0 saturated heterocycles. The first-order valence-electron chi connectivity index (χ1n) is 6.36. The molecule has 0 spiro atoms. The van der Waals surface area contributed by atoms with Gasteiger partial charge in [-0.15, -0.1) is 0 Å². The predicted molar refractivity (Wildman–Crippen MR) is 73.0 cm³/mol. The number of rotatable bonds is 6. The van der Waals surface area contributed by atoms with E-state index in [0.29, 0.717) is 0 Å². The van der Waals surface area contributed by atoms with Crippen molar-refractivity contribution in [2.45, 2.75) is 51.8 Å². The fraction of sp³-hybridized carbons (Fsp3) is 0.600. The van der Waals surface area contributed by atoms with E-state index in [9.17, 15) is 0 Å². The van der Waals surface area contributed by atoms with Crippen LogP contribution in [0.4, 0.5) is 0 Å². The Morgan fingerprint density at radius 3 is 2.44 bits per heavy atom. The minimum absolute atomic E-state index is 0.0647. The van der Waals surface area contributed by atoms with Gasteiger partial charge in [0, 0.05) is 0 Å². The lowest BCUT2D eigenvalue weighted by molar-refractivity contribution is 0.434. The lowest BCUT2D eigenvalue weighted by Gasteiger charge is -2.26. The van der Waals surface area contributed by atoms with E-state index >= 15 is 0 Å². The highest BCUT2D eigenvalue weighted by molar-refractivity contribution is 6.15. The van der Waals surface area contributed by atoms with Crippen molar-refractivity contribution in [2.24, 2.45) is 5.92 Å². The van der Waals surface area contributed by atoms with Gasteiger partial charge in [-0.2, -0.15) is 0 Å². The van der Waals surface area contributed by atoms with Gasteiger partial charge in [-0.25, -0.2) is 0 Å². The van der Waals surface area contributed by atoms with E-state index in [1.165, 1.54) is 18.4 Å². The molecule has 0 aromatic heterocycles. The molecule has 0 fully saturated rings. The molecular weight excluding hydrogens is 191 g/mol. The van der Waals surface area contributed by atoms with Crippen molar-refractivity contribution in [1.29, 1.82) is 0 Å². The zero-order valence-electron chi connectivity index (χ0n) is 10.9. The molecule has 0 heterocycles. The molecule has 1 heteroatoms.